The van der Waals surface area contributed by atoms with Gasteiger partial charge < -0.3 is 16.0 Å². The molecule has 1 aromatic heterocycles. The van der Waals surface area contributed by atoms with Gasteiger partial charge in [-0.05, 0) is 31.4 Å². The predicted octanol–water partition coefficient (Wildman–Crippen LogP) is 1.37. The number of hydrogen-bond donors (Lipinski definition) is 3. The number of benzene rings is 1. The lowest BCUT2D eigenvalue weighted by Crippen LogP contribution is -2.42. The summed E-state index contributed by atoms with van der Waals surface area (Å²) in [7, 11) is 0. The van der Waals surface area contributed by atoms with E-state index in [0.717, 1.165) is 24.0 Å². The fraction of sp³-hybridized carbons (Fsp3) is 0.450. The fourth-order valence-electron chi connectivity index (χ4n) is 3.00. The first kappa shape index (κ1) is 21.3. The van der Waals surface area contributed by atoms with E-state index in [4.69, 9.17) is 5.73 Å². The first-order chi connectivity index (χ1) is 13.4. The molecular weight excluding hydrogens is 358 g/mol. The minimum Gasteiger partial charge on any atom is -0.383 e. The number of unbranched alkanes of at least 4 members (excludes halogenated alkanes) is 1. The van der Waals surface area contributed by atoms with Crippen molar-refractivity contribution < 1.29 is 4.79 Å². The van der Waals surface area contributed by atoms with Gasteiger partial charge in [-0.1, -0.05) is 37.6 Å². The number of nitrogens with zero attached hydrogens (tertiary/aromatic N) is 2. The molecule has 4 N–H and O–H groups in total. The number of anilines is 2. The van der Waals surface area contributed by atoms with E-state index < -0.39 is 11.2 Å². The van der Waals surface area contributed by atoms with Gasteiger partial charge >= 0.3 is 5.69 Å². The molecule has 1 heterocycles. The minimum absolute atomic E-state index is 0.0261. The lowest BCUT2D eigenvalue weighted by Gasteiger charge is -2.24. The summed E-state index contributed by atoms with van der Waals surface area (Å²) in [6.45, 7) is 7.02. The van der Waals surface area contributed by atoms with E-state index >= 15 is 0 Å². The average Bonchev–Trinajstić information content (AvgIpc) is 2.66. The van der Waals surface area contributed by atoms with Crippen molar-refractivity contribution in [2.75, 3.05) is 23.7 Å². The van der Waals surface area contributed by atoms with Crippen LogP contribution in [0.1, 0.15) is 37.8 Å². The average molecular weight is 387 g/mol. The number of nitrogens with one attached hydrogen (secondary N) is 2. The van der Waals surface area contributed by atoms with Gasteiger partial charge in [0, 0.05) is 19.6 Å². The van der Waals surface area contributed by atoms with Gasteiger partial charge in [-0.25, -0.2) is 4.79 Å². The molecule has 0 aliphatic rings. The normalized spacial score (nSPS) is 10.7. The lowest BCUT2D eigenvalue weighted by molar-refractivity contribution is -0.119. The molecule has 0 aliphatic carbocycles. The van der Waals surface area contributed by atoms with Crippen molar-refractivity contribution in [2.45, 2.75) is 46.7 Å². The van der Waals surface area contributed by atoms with Crippen LogP contribution in [-0.4, -0.2) is 28.5 Å². The molecule has 28 heavy (non-hydrogen) atoms. The second-order valence-electron chi connectivity index (χ2n) is 6.72. The van der Waals surface area contributed by atoms with Crippen LogP contribution in [0, 0.1) is 6.92 Å². The molecule has 8 nitrogen and oxygen atoms in total. The number of aryl methyl sites for hydroxylation is 1. The van der Waals surface area contributed by atoms with Crippen LogP contribution in [0.2, 0.25) is 0 Å². The molecule has 0 aliphatic heterocycles. The largest absolute Gasteiger partial charge is 0.383 e. The van der Waals surface area contributed by atoms with E-state index in [1.807, 2.05) is 45.0 Å². The number of aromatic amines is 1. The maximum Gasteiger partial charge on any atom is 0.330 e. The first-order valence-corrected chi connectivity index (χ1v) is 9.57. The van der Waals surface area contributed by atoms with Gasteiger partial charge in [-0.2, -0.15) is 0 Å². The molecule has 1 aromatic carbocycles. The quantitative estimate of drug-likeness (QED) is 0.601. The van der Waals surface area contributed by atoms with Gasteiger partial charge in [0.1, 0.15) is 11.5 Å². The van der Waals surface area contributed by atoms with Gasteiger partial charge in [-0.15, -0.1) is 0 Å². The summed E-state index contributed by atoms with van der Waals surface area (Å²) in [5, 5.41) is 2.87. The molecule has 0 saturated carbocycles. The van der Waals surface area contributed by atoms with Crippen LogP contribution in [0.3, 0.4) is 0 Å². The molecule has 1 amide bonds. The molecule has 152 valence electrons. The third-order valence-corrected chi connectivity index (χ3v) is 4.72. The first-order valence-electron chi connectivity index (χ1n) is 9.57. The zero-order valence-electron chi connectivity index (χ0n) is 16.7. The maximum absolute atomic E-state index is 12.4. The van der Waals surface area contributed by atoms with Crippen molar-refractivity contribution in [2.24, 2.45) is 0 Å². The molecule has 8 heteroatoms. The number of nitrogens with two attached hydrogens (primary N) is 1. The van der Waals surface area contributed by atoms with Crippen LogP contribution >= 0.6 is 0 Å². The molecule has 0 spiro atoms. The number of nitrogen functional groups attached to an aromatic ring is 1. The summed E-state index contributed by atoms with van der Waals surface area (Å²) in [6.07, 6.45) is 1.65. The van der Waals surface area contributed by atoms with Crippen LogP contribution in [0.25, 0.3) is 0 Å². The molecule has 0 atom stereocenters. The lowest BCUT2D eigenvalue weighted by atomic mass is 10.1. The Labute approximate surface area is 164 Å². The second kappa shape index (κ2) is 9.77. The Morgan fingerprint density at radius 3 is 2.61 bits per heavy atom. The van der Waals surface area contributed by atoms with Crippen molar-refractivity contribution in [1.29, 1.82) is 0 Å². The van der Waals surface area contributed by atoms with E-state index in [1.165, 1.54) is 4.57 Å². The van der Waals surface area contributed by atoms with Crippen molar-refractivity contribution in [3.8, 4) is 0 Å². The van der Waals surface area contributed by atoms with Crippen LogP contribution in [0.4, 0.5) is 11.5 Å². The van der Waals surface area contributed by atoms with Crippen molar-refractivity contribution >= 4 is 17.4 Å². The summed E-state index contributed by atoms with van der Waals surface area (Å²) in [5.41, 5.74) is 7.31. The Bertz CT molecular complexity index is 932. The standard InChI is InChI=1S/C20H29N5O3/c1-4-6-11-25-18(21)17(19(27)23-20(25)28)24(5-2)13-16(26)22-12-15-10-8-7-9-14(15)3/h7-10H,4-6,11-13,21H2,1-3H3,(H,22,26)(H,23,27,28). The molecule has 0 unspecified atom stereocenters. The molecule has 0 saturated heterocycles. The second-order valence-corrected chi connectivity index (χ2v) is 6.72. The summed E-state index contributed by atoms with van der Waals surface area (Å²) in [4.78, 5) is 40.8. The highest BCUT2D eigenvalue weighted by Gasteiger charge is 2.19. The highest BCUT2D eigenvalue weighted by Crippen LogP contribution is 2.16. The summed E-state index contributed by atoms with van der Waals surface area (Å²) < 4.78 is 1.36. The Balaban J connectivity index is 2.18. The van der Waals surface area contributed by atoms with Crippen LogP contribution < -0.4 is 27.2 Å². The topological polar surface area (TPSA) is 113 Å². The van der Waals surface area contributed by atoms with Crippen LogP contribution in [0.15, 0.2) is 33.9 Å². The van der Waals surface area contributed by atoms with E-state index in [0.29, 0.717) is 19.6 Å². The van der Waals surface area contributed by atoms with E-state index in [-0.39, 0.29) is 24.0 Å². The summed E-state index contributed by atoms with van der Waals surface area (Å²) in [6, 6.07) is 7.81. The Hall–Kier alpha value is -3.03. The highest BCUT2D eigenvalue weighted by molar-refractivity contribution is 5.82. The third kappa shape index (κ3) is 5.03. The van der Waals surface area contributed by atoms with Gasteiger partial charge in [0.2, 0.25) is 5.91 Å². The number of H-pyrrole nitrogens is 1. The monoisotopic (exact) mass is 387 g/mol. The van der Waals surface area contributed by atoms with Crippen molar-refractivity contribution in [1.82, 2.24) is 14.9 Å². The van der Waals surface area contributed by atoms with Crippen molar-refractivity contribution in [3.05, 3.63) is 56.2 Å². The maximum atomic E-state index is 12.4. The van der Waals surface area contributed by atoms with Gasteiger partial charge in [0.15, 0.2) is 0 Å². The highest BCUT2D eigenvalue weighted by atomic mass is 16.2. The number of likely N-dealkylation sites (N-methyl/N-ethyl adjacent to an activating group) is 1. The summed E-state index contributed by atoms with van der Waals surface area (Å²) >= 11 is 0. The number of rotatable bonds is 9. The van der Waals surface area contributed by atoms with Gasteiger partial charge in [0.25, 0.3) is 5.56 Å². The van der Waals surface area contributed by atoms with Crippen molar-refractivity contribution in [3.63, 3.8) is 0 Å². The molecule has 2 aromatic rings. The fourth-order valence-corrected chi connectivity index (χ4v) is 3.00. The smallest absolute Gasteiger partial charge is 0.330 e. The van der Waals surface area contributed by atoms with E-state index in [1.54, 1.807) is 4.90 Å². The molecule has 0 bridgehead atoms. The number of hydrogen-bond acceptors (Lipinski definition) is 5. The molecule has 2 rings (SSSR count). The molecular formula is C20H29N5O3. The number of carbonyl (C=O) groups is 1. The number of amides is 1. The zero-order chi connectivity index (χ0) is 20.7. The van der Waals surface area contributed by atoms with Crippen LogP contribution in [0.5, 0.6) is 0 Å². The number of aromatic nitrogens is 2. The van der Waals surface area contributed by atoms with Gasteiger partial charge in [0.05, 0.1) is 6.54 Å². The SMILES string of the molecule is CCCCn1c(N)c(N(CC)CC(=O)NCc2ccccc2C)c(=O)[nH]c1=O. The Kier molecular flexibility index (Phi) is 7.43. The van der Waals surface area contributed by atoms with E-state index in [2.05, 4.69) is 10.3 Å². The Morgan fingerprint density at radius 1 is 1.25 bits per heavy atom. The van der Waals surface area contributed by atoms with Crippen LogP contribution in [-0.2, 0) is 17.9 Å². The van der Waals surface area contributed by atoms with E-state index in [9.17, 15) is 14.4 Å². The Morgan fingerprint density at radius 2 is 1.96 bits per heavy atom. The predicted molar refractivity (Wildman–Crippen MR) is 112 cm³/mol. The van der Waals surface area contributed by atoms with Gasteiger partial charge in [-0.3, -0.25) is 19.1 Å². The third-order valence-electron chi connectivity index (χ3n) is 4.72. The minimum atomic E-state index is -0.580. The molecule has 0 fully saturated rings. The zero-order valence-corrected chi connectivity index (χ0v) is 16.7. The number of carbonyl (C=O) groups excluding carboxylic acids is 1. The molecule has 0 radical (unpaired) electrons. The summed E-state index contributed by atoms with van der Waals surface area (Å²) in [5.74, 6) is -0.133.